The van der Waals surface area contributed by atoms with Crippen molar-refractivity contribution in [2.75, 3.05) is 39.3 Å². The van der Waals surface area contributed by atoms with E-state index in [1.54, 1.807) is 0 Å². The van der Waals surface area contributed by atoms with Crippen molar-refractivity contribution in [2.24, 2.45) is 0 Å². The topological polar surface area (TPSA) is 143 Å². The Morgan fingerprint density at radius 1 is 0.385 bits per heavy atom. The molecule has 0 fully saturated rings. The third-order valence-corrected chi connectivity index (χ3v) is 0.375. The van der Waals surface area contributed by atoms with E-state index in [-0.39, 0.29) is 55.8 Å². The van der Waals surface area contributed by atoms with Crippen LogP contribution < -0.4 is 0 Å². The second-order valence-corrected chi connectivity index (χ2v) is 1.50. The van der Waals surface area contributed by atoms with E-state index in [9.17, 15) is 0 Å². The van der Waals surface area contributed by atoms with Crippen LogP contribution in [-0.2, 0) is 16.5 Å². The summed E-state index contributed by atoms with van der Waals surface area (Å²) in [7, 11) is 0. The van der Waals surface area contributed by atoms with E-state index in [1.807, 2.05) is 0 Å². The summed E-state index contributed by atoms with van der Waals surface area (Å²) in [6.45, 7) is 1.42. The summed E-state index contributed by atoms with van der Waals surface area (Å²) in [5.74, 6) is 0. The minimum absolute atomic E-state index is 0. The molecule has 6 nitrogen and oxygen atoms in total. The van der Waals surface area contributed by atoms with Crippen molar-refractivity contribution >= 4 is 0 Å². The standard InChI is InChI=1S/3C2H6N2.Ni/c3*3-1-2-4;/h3*3-4H,1-2H2;/q3*-2;+2. The van der Waals surface area contributed by atoms with Crippen LogP contribution in [-0.4, -0.2) is 39.3 Å². The summed E-state index contributed by atoms with van der Waals surface area (Å²) in [5, 5.41) is 0. The van der Waals surface area contributed by atoms with E-state index in [2.05, 4.69) is 0 Å². The normalized spacial score (nSPS) is 6.92. The van der Waals surface area contributed by atoms with Gasteiger partial charge >= 0.3 is 16.5 Å². The number of rotatable bonds is 3. The zero-order chi connectivity index (χ0) is 10.2. The maximum Gasteiger partial charge on any atom is 2.00 e. The van der Waals surface area contributed by atoms with Gasteiger partial charge in [-0.2, -0.15) is 39.3 Å². The Hall–Kier alpha value is 0.254. The van der Waals surface area contributed by atoms with Gasteiger partial charge in [0.1, 0.15) is 0 Å². The summed E-state index contributed by atoms with van der Waals surface area (Å²) in [6, 6.07) is 0. The van der Waals surface area contributed by atoms with Gasteiger partial charge in [0, 0.05) is 0 Å². The average molecular weight is 233 g/mol. The van der Waals surface area contributed by atoms with Gasteiger partial charge in [-0.25, -0.2) is 0 Å². The van der Waals surface area contributed by atoms with Crippen molar-refractivity contribution in [1.82, 2.24) is 0 Å². The Balaban J connectivity index is -0.0000000450. The quantitative estimate of drug-likeness (QED) is 0.658. The maximum absolute atomic E-state index is 6.26. The first-order valence-electron chi connectivity index (χ1n) is 3.62. The zero-order valence-corrected chi connectivity index (χ0v) is 8.55. The summed E-state index contributed by atoms with van der Waals surface area (Å²) < 4.78 is 0. The fraction of sp³-hybridized carbons (Fsp3) is 1.00. The third-order valence-electron chi connectivity index (χ3n) is 0.375. The Morgan fingerprint density at radius 3 is 0.462 bits per heavy atom. The number of hydrogen-bond donors (Lipinski definition) is 0. The SMILES string of the molecule is [NH-]CC[NH-].[NH-]CC[NH-].[NH-]CC[NH-].[Ni+2]. The minimum Gasteiger partial charge on any atom is -0.679 e. The van der Waals surface area contributed by atoms with Gasteiger partial charge in [0.15, 0.2) is 0 Å². The predicted octanol–water partition coefficient (Wildman–Crippen LogP) is 3.27. The molecule has 13 heavy (non-hydrogen) atoms. The van der Waals surface area contributed by atoms with Gasteiger partial charge < -0.3 is 34.4 Å². The first-order chi connectivity index (χ1) is 5.74. The van der Waals surface area contributed by atoms with E-state index in [1.165, 1.54) is 0 Å². The molecular weight excluding hydrogens is 215 g/mol. The Kier molecular flexibility index (Phi) is 70.9. The summed E-state index contributed by atoms with van der Waals surface area (Å²) >= 11 is 0. The maximum atomic E-state index is 6.26. The molecule has 0 aromatic rings. The van der Waals surface area contributed by atoms with Gasteiger partial charge in [-0.3, -0.25) is 0 Å². The smallest absolute Gasteiger partial charge is 0.679 e. The third kappa shape index (κ3) is 122. The molecule has 86 valence electrons. The Labute approximate surface area is 90.7 Å². The van der Waals surface area contributed by atoms with Crippen LogP contribution in [0, 0.1) is 0 Å². The van der Waals surface area contributed by atoms with Crippen LogP contribution in [0.3, 0.4) is 0 Å². The van der Waals surface area contributed by atoms with E-state index in [0.29, 0.717) is 0 Å². The van der Waals surface area contributed by atoms with Crippen LogP contribution in [0.4, 0.5) is 0 Å². The van der Waals surface area contributed by atoms with Crippen molar-refractivity contribution < 1.29 is 16.5 Å². The molecule has 0 saturated heterocycles. The van der Waals surface area contributed by atoms with Gasteiger partial charge in [0.25, 0.3) is 0 Å². The van der Waals surface area contributed by atoms with Crippen LogP contribution >= 0.6 is 0 Å². The molecule has 0 atom stereocenters. The van der Waals surface area contributed by atoms with Crippen molar-refractivity contribution in [3.8, 4) is 0 Å². The average Bonchev–Trinajstić information content (AvgIpc) is 2.18. The van der Waals surface area contributed by atoms with Gasteiger partial charge in [-0.15, -0.1) is 0 Å². The van der Waals surface area contributed by atoms with Crippen molar-refractivity contribution in [2.45, 2.75) is 0 Å². The monoisotopic (exact) mass is 232 g/mol. The van der Waals surface area contributed by atoms with Gasteiger partial charge in [0.2, 0.25) is 0 Å². The summed E-state index contributed by atoms with van der Waals surface area (Å²) in [6.07, 6.45) is 0. The Bertz CT molecular complexity index is 32.6. The van der Waals surface area contributed by atoms with E-state index in [4.69, 9.17) is 34.4 Å². The minimum atomic E-state index is 0. The first-order valence-corrected chi connectivity index (χ1v) is 3.62. The molecule has 0 saturated carbocycles. The second-order valence-electron chi connectivity index (χ2n) is 1.50. The second kappa shape index (κ2) is 39.7. The molecule has 7 heteroatoms. The van der Waals surface area contributed by atoms with Crippen LogP contribution in [0.1, 0.15) is 0 Å². The van der Waals surface area contributed by atoms with Crippen molar-refractivity contribution in [3.63, 3.8) is 0 Å². The van der Waals surface area contributed by atoms with E-state index >= 15 is 0 Å². The van der Waals surface area contributed by atoms with E-state index < -0.39 is 0 Å². The van der Waals surface area contributed by atoms with Crippen molar-refractivity contribution in [1.29, 1.82) is 0 Å². The van der Waals surface area contributed by atoms with Gasteiger partial charge in [-0.05, 0) is 0 Å². The first kappa shape index (κ1) is 23.2. The molecule has 0 radical (unpaired) electrons. The van der Waals surface area contributed by atoms with Crippen LogP contribution in [0.15, 0.2) is 0 Å². The summed E-state index contributed by atoms with van der Waals surface area (Å²) in [5.41, 5.74) is 37.6. The molecule has 6 N–H and O–H groups in total. The number of nitrogens with one attached hydrogen (secondary N) is 6. The number of hydrogen-bond acceptors (Lipinski definition) is 0. The molecule has 0 amide bonds. The fourth-order valence-corrected chi connectivity index (χ4v) is 0. The molecule has 0 aromatic heterocycles. The summed E-state index contributed by atoms with van der Waals surface area (Å²) in [4.78, 5) is 0. The van der Waals surface area contributed by atoms with Crippen LogP contribution in [0.2, 0.25) is 0 Å². The fourth-order valence-electron chi connectivity index (χ4n) is 0. The van der Waals surface area contributed by atoms with E-state index in [0.717, 1.165) is 0 Å². The molecule has 0 aliphatic carbocycles. The van der Waals surface area contributed by atoms with Gasteiger partial charge in [-0.1, -0.05) is 0 Å². The molecule has 0 aliphatic heterocycles. The van der Waals surface area contributed by atoms with Crippen LogP contribution in [0.5, 0.6) is 0 Å². The predicted molar refractivity (Wildman–Crippen MR) is 55.1 cm³/mol. The van der Waals surface area contributed by atoms with Gasteiger partial charge in [0.05, 0.1) is 0 Å². The molecule has 0 bridgehead atoms. The zero-order valence-electron chi connectivity index (χ0n) is 7.56. The molecule has 0 unspecified atom stereocenters. The molecular formula is C6H18N6Ni-4. The molecule has 0 spiro atoms. The molecule has 0 heterocycles. The van der Waals surface area contributed by atoms with Crippen LogP contribution in [0.25, 0.3) is 34.4 Å². The largest absolute Gasteiger partial charge is 2.00 e. The van der Waals surface area contributed by atoms with Crippen molar-refractivity contribution in [3.05, 3.63) is 34.4 Å². The molecule has 0 aromatic carbocycles. The molecule has 0 aliphatic rings. The molecule has 0 rings (SSSR count). The Morgan fingerprint density at radius 2 is 0.462 bits per heavy atom.